The van der Waals surface area contributed by atoms with Gasteiger partial charge < -0.3 is 15.4 Å². The number of hydrogen-bond donors (Lipinski definition) is 2. The van der Waals surface area contributed by atoms with Gasteiger partial charge in [-0.25, -0.2) is 9.78 Å². The Morgan fingerprint density at radius 1 is 1.24 bits per heavy atom. The number of ether oxygens (including phenoxy) is 1. The molecule has 0 radical (unpaired) electrons. The van der Waals surface area contributed by atoms with E-state index in [2.05, 4.69) is 29.5 Å². The van der Waals surface area contributed by atoms with Crippen LogP contribution in [-0.2, 0) is 4.74 Å². The van der Waals surface area contributed by atoms with Crippen LogP contribution in [0.2, 0.25) is 0 Å². The van der Waals surface area contributed by atoms with Crippen LogP contribution < -0.4 is 10.6 Å². The molecular weight excluding hydrogens is 338 g/mol. The third-order valence-electron chi connectivity index (χ3n) is 3.35. The highest BCUT2D eigenvalue weighted by Gasteiger charge is 2.16. The van der Waals surface area contributed by atoms with Gasteiger partial charge in [-0.15, -0.1) is 11.3 Å². The molecule has 0 aliphatic carbocycles. The lowest BCUT2D eigenvalue weighted by molar-refractivity contribution is 0.0527. The average Bonchev–Trinajstić information content (AvgIpc) is 2.95. The second-order valence-electron chi connectivity index (χ2n) is 7.52. The van der Waals surface area contributed by atoms with Crippen molar-refractivity contribution >= 4 is 23.3 Å². The minimum Gasteiger partial charge on any atom is -0.444 e. The Morgan fingerprint density at radius 3 is 2.48 bits per heavy atom. The first-order chi connectivity index (χ1) is 11.6. The zero-order chi connectivity index (χ0) is 19.0. The van der Waals surface area contributed by atoms with Crippen molar-refractivity contribution in [3.63, 3.8) is 0 Å². The molecule has 0 fully saturated rings. The van der Waals surface area contributed by atoms with Gasteiger partial charge in [-0.1, -0.05) is 13.8 Å². The lowest BCUT2D eigenvalue weighted by Gasteiger charge is -2.19. The molecular formula is C18H31N3O3S. The van der Waals surface area contributed by atoms with E-state index >= 15 is 0 Å². The third kappa shape index (κ3) is 8.86. The van der Waals surface area contributed by atoms with Crippen LogP contribution in [0, 0.1) is 0 Å². The van der Waals surface area contributed by atoms with Crippen molar-refractivity contribution in [3.05, 3.63) is 16.1 Å². The van der Waals surface area contributed by atoms with Gasteiger partial charge >= 0.3 is 6.09 Å². The second-order valence-corrected chi connectivity index (χ2v) is 8.58. The molecule has 1 atom stereocenters. The molecule has 2 N–H and O–H groups in total. The Kier molecular flexibility index (Phi) is 8.35. The van der Waals surface area contributed by atoms with Gasteiger partial charge in [0.25, 0.3) is 5.91 Å². The molecule has 1 unspecified atom stereocenters. The molecule has 1 rings (SSSR count). The van der Waals surface area contributed by atoms with Gasteiger partial charge in [0.15, 0.2) is 0 Å². The van der Waals surface area contributed by atoms with Gasteiger partial charge in [-0.2, -0.15) is 0 Å². The summed E-state index contributed by atoms with van der Waals surface area (Å²) in [5.74, 6) is 0.269. The number of unbranched alkanes of at least 4 members (excludes halogenated alkanes) is 1. The van der Waals surface area contributed by atoms with Gasteiger partial charge in [0, 0.05) is 18.5 Å². The molecule has 0 aliphatic rings. The lowest BCUT2D eigenvalue weighted by atomic mass is 10.1. The van der Waals surface area contributed by atoms with E-state index in [0.717, 1.165) is 24.3 Å². The number of rotatable bonds is 8. The maximum absolute atomic E-state index is 12.2. The molecule has 1 heterocycles. The van der Waals surface area contributed by atoms with Crippen LogP contribution in [0.1, 0.15) is 81.4 Å². The number of aromatic nitrogens is 1. The van der Waals surface area contributed by atoms with Crippen molar-refractivity contribution in [1.29, 1.82) is 0 Å². The fourth-order valence-corrected chi connectivity index (χ4v) is 2.93. The number of alkyl carbamates (subject to hydrolysis) is 1. The highest BCUT2D eigenvalue weighted by atomic mass is 32.1. The maximum Gasteiger partial charge on any atom is 0.407 e. The number of amides is 2. The summed E-state index contributed by atoms with van der Waals surface area (Å²) in [4.78, 5) is 28.6. The van der Waals surface area contributed by atoms with Crippen LogP contribution in [-0.4, -0.2) is 35.2 Å². The van der Waals surface area contributed by atoms with Crippen LogP contribution in [0.25, 0.3) is 0 Å². The number of nitrogens with zero attached hydrogens (tertiary/aromatic N) is 1. The summed E-state index contributed by atoms with van der Waals surface area (Å²) in [6, 6.07) is 0.0821. The first-order valence-corrected chi connectivity index (χ1v) is 9.63. The van der Waals surface area contributed by atoms with E-state index in [1.807, 2.05) is 27.7 Å². The van der Waals surface area contributed by atoms with E-state index in [0.29, 0.717) is 17.3 Å². The molecule has 0 bridgehead atoms. The van der Waals surface area contributed by atoms with Gasteiger partial charge in [-0.05, 0) is 47.0 Å². The van der Waals surface area contributed by atoms with Crippen LogP contribution in [0.4, 0.5) is 4.79 Å². The predicted molar refractivity (Wildman–Crippen MR) is 101 cm³/mol. The van der Waals surface area contributed by atoms with Crippen molar-refractivity contribution in [2.45, 2.75) is 78.4 Å². The number of hydrogen-bond acceptors (Lipinski definition) is 5. The van der Waals surface area contributed by atoms with Crippen LogP contribution in [0.3, 0.4) is 0 Å². The van der Waals surface area contributed by atoms with Crippen molar-refractivity contribution in [2.24, 2.45) is 0 Å². The van der Waals surface area contributed by atoms with Gasteiger partial charge in [0.05, 0.1) is 11.2 Å². The quantitative estimate of drug-likeness (QED) is 0.677. The largest absolute Gasteiger partial charge is 0.444 e. The molecule has 25 heavy (non-hydrogen) atoms. The Bertz CT molecular complexity index is 564. The fourth-order valence-electron chi connectivity index (χ4n) is 2.11. The molecule has 0 spiro atoms. The van der Waals surface area contributed by atoms with Gasteiger partial charge in [0.1, 0.15) is 10.5 Å². The third-order valence-corrected chi connectivity index (χ3v) is 4.65. The van der Waals surface area contributed by atoms with Crippen LogP contribution in [0.5, 0.6) is 0 Å². The average molecular weight is 370 g/mol. The SMILES string of the molecule is CC(CCCCNC(=O)OC(C)(C)C)NC(=O)c1cnc(C(C)C)s1. The van der Waals surface area contributed by atoms with E-state index in [1.165, 1.54) is 11.3 Å². The van der Waals surface area contributed by atoms with Crippen molar-refractivity contribution in [1.82, 2.24) is 15.6 Å². The number of thiazole rings is 1. The molecule has 6 nitrogen and oxygen atoms in total. The van der Waals surface area contributed by atoms with Crippen molar-refractivity contribution in [3.8, 4) is 0 Å². The summed E-state index contributed by atoms with van der Waals surface area (Å²) in [6.45, 7) is 12.2. The number of carbonyl (C=O) groups excluding carboxylic acids is 2. The van der Waals surface area contributed by atoms with E-state index in [4.69, 9.17) is 4.74 Å². The first kappa shape index (κ1) is 21.4. The maximum atomic E-state index is 12.2. The Morgan fingerprint density at radius 2 is 1.92 bits per heavy atom. The molecule has 0 aliphatic heterocycles. The summed E-state index contributed by atoms with van der Waals surface area (Å²) in [7, 11) is 0. The Labute approximate surface area is 154 Å². The van der Waals surface area contributed by atoms with E-state index in [-0.39, 0.29) is 18.0 Å². The molecule has 1 aromatic heterocycles. The molecule has 1 aromatic rings. The summed E-state index contributed by atoms with van der Waals surface area (Å²) in [6.07, 6.45) is 3.87. The number of carbonyl (C=O) groups is 2. The zero-order valence-electron chi connectivity index (χ0n) is 16.1. The zero-order valence-corrected chi connectivity index (χ0v) is 17.0. The fraction of sp³-hybridized carbons (Fsp3) is 0.722. The number of nitrogens with one attached hydrogen (secondary N) is 2. The molecule has 0 saturated heterocycles. The second kappa shape index (κ2) is 9.75. The molecule has 142 valence electrons. The minimum absolute atomic E-state index is 0.0659. The van der Waals surface area contributed by atoms with Gasteiger partial charge in [-0.3, -0.25) is 4.79 Å². The molecule has 0 saturated carbocycles. The van der Waals surface area contributed by atoms with Crippen LogP contribution in [0.15, 0.2) is 6.20 Å². The Hall–Kier alpha value is -1.63. The molecule has 2 amide bonds. The monoisotopic (exact) mass is 369 g/mol. The molecule has 7 heteroatoms. The van der Waals surface area contributed by atoms with E-state index < -0.39 is 5.60 Å². The van der Waals surface area contributed by atoms with E-state index in [9.17, 15) is 9.59 Å². The molecule has 0 aromatic carbocycles. The predicted octanol–water partition coefficient (Wildman–Crippen LogP) is 4.08. The van der Waals surface area contributed by atoms with Gasteiger partial charge in [0.2, 0.25) is 0 Å². The Balaban J connectivity index is 2.21. The normalized spacial score (nSPS) is 12.8. The highest BCUT2D eigenvalue weighted by molar-refractivity contribution is 7.13. The highest BCUT2D eigenvalue weighted by Crippen LogP contribution is 2.21. The smallest absolute Gasteiger partial charge is 0.407 e. The summed E-state index contributed by atoms with van der Waals surface area (Å²) >= 11 is 1.45. The standard InChI is InChI=1S/C18H31N3O3S/c1-12(2)16-20-11-14(25-16)15(22)21-13(3)9-7-8-10-19-17(23)24-18(4,5)6/h11-13H,7-10H2,1-6H3,(H,19,23)(H,21,22). The van der Waals surface area contributed by atoms with Crippen molar-refractivity contribution < 1.29 is 14.3 Å². The summed E-state index contributed by atoms with van der Waals surface area (Å²) in [5.41, 5.74) is -0.477. The first-order valence-electron chi connectivity index (χ1n) is 8.82. The van der Waals surface area contributed by atoms with Crippen LogP contribution >= 0.6 is 11.3 Å². The topological polar surface area (TPSA) is 80.3 Å². The summed E-state index contributed by atoms with van der Waals surface area (Å²) in [5, 5.41) is 6.71. The summed E-state index contributed by atoms with van der Waals surface area (Å²) < 4.78 is 5.17. The lowest BCUT2D eigenvalue weighted by Crippen LogP contribution is -2.33. The van der Waals surface area contributed by atoms with Crippen molar-refractivity contribution in [2.75, 3.05) is 6.54 Å². The van der Waals surface area contributed by atoms with E-state index in [1.54, 1.807) is 6.20 Å². The minimum atomic E-state index is -0.477.